The van der Waals surface area contributed by atoms with Crippen molar-refractivity contribution in [2.24, 2.45) is 5.11 Å². The molecule has 0 aromatic heterocycles. The Balaban J connectivity index is 1.67. The van der Waals surface area contributed by atoms with E-state index in [1.165, 1.54) is 0 Å². The summed E-state index contributed by atoms with van der Waals surface area (Å²) >= 11 is 0. The molecule has 0 spiro atoms. The first kappa shape index (κ1) is 16.2. The van der Waals surface area contributed by atoms with Crippen LogP contribution in [0.5, 0.6) is 0 Å². The molecular formula is C16H22N4O3. The van der Waals surface area contributed by atoms with Gasteiger partial charge in [0.2, 0.25) is 0 Å². The minimum atomic E-state index is -0.662. The van der Waals surface area contributed by atoms with Crippen LogP contribution in [0, 0.1) is 0 Å². The van der Waals surface area contributed by atoms with Crippen LogP contribution >= 0.6 is 0 Å². The summed E-state index contributed by atoms with van der Waals surface area (Å²) in [6.07, 6.45) is -0.469. The molecule has 23 heavy (non-hydrogen) atoms. The molecule has 7 nitrogen and oxygen atoms in total. The number of hydrogen-bond acceptors (Lipinski definition) is 5. The van der Waals surface area contributed by atoms with E-state index in [0.717, 1.165) is 5.56 Å². The minimum absolute atomic E-state index is 0.0609. The third-order valence-electron chi connectivity index (χ3n) is 4.16. The average molecular weight is 318 g/mol. The number of rotatable bonds is 5. The molecular weight excluding hydrogens is 296 g/mol. The largest absolute Gasteiger partial charge is 0.369 e. The summed E-state index contributed by atoms with van der Waals surface area (Å²) in [4.78, 5) is 2.83. The van der Waals surface area contributed by atoms with Gasteiger partial charge in [-0.25, -0.2) is 0 Å². The van der Waals surface area contributed by atoms with Crippen molar-refractivity contribution in [1.82, 2.24) is 5.32 Å². The Kier molecular flexibility index (Phi) is 4.84. The number of azide groups is 1. The van der Waals surface area contributed by atoms with E-state index in [2.05, 4.69) is 15.3 Å². The summed E-state index contributed by atoms with van der Waals surface area (Å²) in [6, 6.07) is 9.99. The van der Waals surface area contributed by atoms with Gasteiger partial charge in [-0.05, 0) is 24.9 Å². The van der Waals surface area contributed by atoms with Crippen LogP contribution in [0.3, 0.4) is 0 Å². The van der Waals surface area contributed by atoms with E-state index < -0.39 is 5.79 Å². The Labute approximate surface area is 135 Å². The second-order valence-corrected chi connectivity index (χ2v) is 6.33. The predicted octanol–water partition coefficient (Wildman–Crippen LogP) is 2.37. The zero-order valence-corrected chi connectivity index (χ0v) is 13.4. The van der Waals surface area contributed by atoms with Gasteiger partial charge in [-0.15, -0.1) is 0 Å². The van der Waals surface area contributed by atoms with Crippen molar-refractivity contribution >= 4 is 0 Å². The van der Waals surface area contributed by atoms with Gasteiger partial charge in [-0.1, -0.05) is 35.4 Å². The molecule has 0 unspecified atom stereocenters. The van der Waals surface area contributed by atoms with Crippen LogP contribution in [-0.2, 0) is 20.8 Å². The molecule has 2 aliphatic heterocycles. The van der Waals surface area contributed by atoms with Gasteiger partial charge in [0.05, 0.1) is 12.7 Å². The van der Waals surface area contributed by atoms with Gasteiger partial charge in [0.1, 0.15) is 12.2 Å². The third kappa shape index (κ3) is 3.83. The van der Waals surface area contributed by atoms with E-state index in [1.807, 2.05) is 44.2 Å². The highest BCUT2D eigenvalue weighted by atomic mass is 16.8. The van der Waals surface area contributed by atoms with E-state index >= 15 is 0 Å². The van der Waals surface area contributed by atoms with Gasteiger partial charge in [0, 0.05) is 24.0 Å². The molecule has 4 atom stereocenters. The van der Waals surface area contributed by atoms with Crippen molar-refractivity contribution in [1.29, 1.82) is 0 Å². The molecule has 2 heterocycles. The average Bonchev–Trinajstić information content (AvgIpc) is 2.87. The van der Waals surface area contributed by atoms with Gasteiger partial charge < -0.3 is 19.5 Å². The van der Waals surface area contributed by atoms with Crippen molar-refractivity contribution in [3.63, 3.8) is 0 Å². The maximum Gasteiger partial charge on any atom is 0.163 e. The Morgan fingerprint density at radius 3 is 2.78 bits per heavy atom. The standard InChI is InChI=1S/C16H22N4O3/c1-16(2)22-14-12(8-19-20-17)18-9-13(15(14)23-16)21-10-11-6-4-3-5-7-11/h3-7,12-15,18H,8-10H2,1-2H3/t12-,13+,14-,15-/m1/s1. The molecule has 1 aromatic carbocycles. The maximum absolute atomic E-state index is 8.54. The van der Waals surface area contributed by atoms with Crippen LogP contribution in [0.15, 0.2) is 35.4 Å². The first-order valence-corrected chi connectivity index (χ1v) is 7.84. The Hall–Kier alpha value is -1.63. The SMILES string of the molecule is CC1(C)O[C@H]2[C@H](O1)[C@@H](CN=[N+]=[N-])NC[C@@H]2OCc1ccccc1. The van der Waals surface area contributed by atoms with E-state index in [-0.39, 0.29) is 24.4 Å². The lowest BCUT2D eigenvalue weighted by molar-refractivity contribution is -0.157. The highest BCUT2D eigenvalue weighted by molar-refractivity contribution is 5.13. The van der Waals surface area contributed by atoms with E-state index in [1.54, 1.807) is 0 Å². The molecule has 124 valence electrons. The second-order valence-electron chi connectivity index (χ2n) is 6.33. The number of piperidine rings is 1. The summed E-state index contributed by atoms with van der Waals surface area (Å²) in [6.45, 7) is 5.29. The highest BCUT2D eigenvalue weighted by Gasteiger charge is 2.51. The van der Waals surface area contributed by atoms with Gasteiger partial charge >= 0.3 is 0 Å². The second kappa shape index (κ2) is 6.86. The molecule has 2 saturated heterocycles. The van der Waals surface area contributed by atoms with Crippen LogP contribution in [-0.4, -0.2) is 43.2 Å². The molecule has 2 fully saturated rings. The zero-order valence-electron chi connectivity index (χ0n) is 13.4. The molecule has 0 radical (unpaired) electrons. The van der Waals surface area contributed by atoms with E-state index in [9.17, 15) is 0 Å². The first-order chi connectivity index (χ1) is 11.1. The lowest BCUT2D eigenvalue weighted by atomic mass is 9.96. The van der Waals surface area contributed by atoms with Crippen LogP contribution in [0.4, 0.5) is 0 Å². The molecule has 0 aliphatic carbocycles. The fourth-order valence-electron chi connectivity index (χ4n) is 3.14. The normalized spacial score (nSPS) is 32.1. The molecule has 0 saturated carbocycles. The molecule has 3 rings (SSSR count). The number of nitrogens with zero attached hydrogens (tertiary/aromatic N) is 3. The quantitative estimate of drug-likeness (QED) is 0.513. The molecule has 0 amide bonds. The number of benzene rings is 1. The first-order valence-electron chi connectivity index (χ1n) is 7.84. The molecule has 1 aromatic rings. The Bertz CT molecular complexity index is 574. The molecule has 7 heteroatoms. The fraction of sp³-hybridized carbons (Fsp3) is 0.625. The van der Waals surface area contributed by atoms with Crippen LogP contribution in [0.2, 0.25) is 0 Å². The van der Waals surface area contributed by atoms with Crippen LogP contribution in [0.1, 0.15) is 19.4 Å². The number of ether oxygens (including phenoxy) is 3. The summed E-state index contributed by atoms with van der Waals surface area (Å²) in [5, 5.41) is 7.02. The fourth-order valence-corrected chi connectivity index (χ4v) is 3.14. The topological polar surface area (TPSA) is 88.5 Å². The lowest BCUT2D eigenvalue weighted by Crippen LogP contribution is -2.60. The third-order valence-corrected chi connectivity index (χ3v) is 4.16. The van der Waals surface area contributed by atoms with Gasteiger partial charge in [-0.2, -0.15) is 0 Å². The molecule has 1 N–H and O–H groups in total. The number of nitrogens with one attached hydrogen (secondary N) is 1. The Morgan fingerprint density at radius 2 is 2.04 bits per heavy atom. The maximum atomic E-state index is 8.54. The summed E-state index contributed by atoms with van der Waals surface area (Å²) in [7, 11) is 0. The van der Waals surface area contributed by atoms with Crippen LogP contribution < -0.4 is 5.32 Å². The monoisotopic (exact) mass is 318 g/mol. The molecule has 0 bridgehead atoms. The summed E-state index contributed by atoms with van der Waals surface area (Å²) in [5.41, 5.74) is 9.66. The van der Waals surface area contributed by atoms with E-state index in [4.69, 9.17) is 19.7 Å². The zero-order chi connectivity index (χ0) is 16.3. The van der Waals surface area contributed by atoms with Crippen molar-refractivity contribution in [3.05, 3.63) is 46.3 Å². The van der Waals surface area contributed by atoms with Gasteiger partial charge in [0.25, 0.3) is 0 Å². The number of fused-ring (bicyclic) bond motifs is 1. The summed E-state index contributed by atoms with van der Waals surface area (Å²) < 4.78 is 18.1. The van der Waals surface area contributed by atoms with Crippen LogP contribution in [0.25, 0.3) is 10.4 Å². The van der Waals surface area contributed by atoms with Crippen molar-refractivity contribution in [2.75, 3.05) is 13.1 Å². The summed E-state index contributed by atoms with van der Waals surface area (Å²) in [5.74, 6) is -0.662. The minimum Gasteiger partial charge on any atom is -0.369 e. The lowest BCUT2D eigenvalue weighted by Gasteiger charge is -2.37. The number of hydrogen-bond donors (Lipinski definition) is 1. The predicted molar refractivity (Wildman–Crippen MR) is 84.6 cm³/mol. The van der Waals surface area contributed by atoms with Crippen molar-refractivity contribution < 1.29 is 14.2 Å². The van der Waals surface area contributed by atoms with Crippen molar-refractivity contribution in [2.45, 2.75) is 50.6 Å². The Morgan fingerprint density at radius 1 is 1.30 bits per heavy atom. The van der Waals surface area contributed by atoms with Gasteiger partial charge in [0.15, 0.2) is 5.79 Å². The van der Waals surface area contributed by atoms with Gasteiger partial charge in [-0.3, -0.25) is 0 Å². The smallest absolute Gasteiger partial charge is 0.163 e. The van der Waals surface area contributed by atoms with Crippen molar-refractivity contribution in [3.8, 4) is 0 Å². The highest BCUT2D eigenvalue weighted by Crippen LogP contribution is 2.35. The van der Waals surface area contributed by atoms with E-state index in [0.29, 0.717) is 19.7 Å². The molecule has 2 aliphatic rings.